The first kappa shape index (κ1) is 67.1. The number of nitrogens with zero attached hydrogens (tertiary/aromatic N) is 2. The molecule has 0 fully saturated rings. The fraction of sp³-hybridized carbons (Fsp3) is 0.950. The molecule has 0 saturated heterocycles. The maximum absolute atomic E-state index is 13.8. The number of carbonyl (C=O) groups is 3. The molecule has 0 aromatic rings. The van der Waals surface area contributed by atoms with Gasteiger partial charge >= 0.3 is 18.0 Å². The van der Waals surface area contributed by atoms with Crippen molar-refractivity contribution in [1.82, 2.24) is 9.80 Å². The lowest BCUT2D eigenvalue weighted by Gasteiger charge is -2.26. The highest BCUT2D eigenvalue weighted by Crippen LogP contribution is 2.22. The van der Waals surface area contributed by atoms with Crippen LogP contribution in [0.3, 0.4) is 0 Å². The summed E-state index contributed by atoms with van der Waals surface area (Å²) in [5, 5.41) is 0. The average Bonchev–Trinajstić information content (AvgIpc) is 3.33. The second-order valence-electron chi connectivity index (χ2n) is 21.1. The first-order chi connectivity index (χ1) is 33.7. The summed E-state index contributed by atoms with van der Waals surface area (Å²) >= 11 is 0. The minimum absolute atomic E-state index is 0.00611. The summed E-state index contributed by atoms with van der Waals surface area (Å²) in [6, 6.07) is 0. The number of unbranched alkanes of at least 4 members (excludes halogenated alkanes) is 25. The maximum Gasteiger partial charge on any atom is 0.410 e. The van der Waals surface area contributed by atoms with E-state index in [9.17, 15) is 14.4 Å². The smallest absolute Gasteiger partial charge is 0.410 e. The zero-order valence-electron chi connectivity index (χ0n) is 47.2. The molecule has 1 amide bonds. The Morgan fingerprint density at radius 1 is 0.333 bits per heavy atom. The van der Waals surface area contributed by atoms with Gasteiger partial charge in [0.1, 0.15) is 18.3 Å². The predicted molar refractivity (Wildman–Crippen MR) is 293 cm³/mol. The lowest BCUT2D eigenvalue weighted by atomic mass is 10.0. The van der Waals surface area contributed by atoms with Gasteiger partial charge in [0.2, 0.25) is 0 Å². The molecule has 0 unspecified atom stereocenters. The van der Waals surface area contributed by atoms with Gasteiger partial charge < -0.3 is 28.7 Å². The van der Waals surface area contributed by atoms with Gasteiger partial charge in [-0.25, -0.2) is 4.79 Å². The third-order valence-corrected chi connectivity index (χ3v) is 13.8. The van der Waals surface area contributed by atoms with Crippen LogP contribution >= 0.6 is 0 Å². The standard InChI is InChI=1S/C60H118N2O7/c1-8-13-17-31-42-55(43-32-18-14-9-2)67-58(63)48-37-27-23-21-25-35-46-57(69-60(65)62(52-41-50-61(6)7)51-39-29-30-40-54-66-53-12-5)47-36-26-22-24-28-38-49-59(64)68-56(44-33-19-15-10-3)45-34-20-16-11-4/h55-57H,8-54H2,1-7H3. The lowest BCUT2D eigenvalue weighted by molar-refractivity contribution is -0.151. The summed E-state index contributed by atoms with van der Waals surface area (Å²) in [4.78, 5) is 43.6. The van der Waals surface area contributed by atoms with E-state index in [-0.39, 0.29) is 36.3 Å². The van der Waals surface area contributed by atoms with Crippen molar-refractivity contribution in [3.63, 3.8) is 0 Å². The van der Waals surface area contributed by atoms with E-state index in [1.54, 1.807) is 0 Å². The van der Waals surface area contributed by atoms with E-state index in [1.165, 1.54) is 77.0 Å². The van der Waals surface area contributed by atoms with Crippen molar-refractivity contribution in [3.8, 4) is 0 Å². The molecule has 0 bridgehead atoms. The second kappa shape index (κ2) is 52.5. The zero-order chi connectivity index (χ0) is 50.7. The Balaban J connectivity index is 5.08. The van der Waals surface area contributed by atoms with Crippen molar-refractivity contribution >= 4 is 18.0 Å². The number of hydrogen-bond acceptors (Lipinski definition) is 8. The first-order valence-electron chi connectivity index (χ1n) is 30.3. The molecule has 0 heterocycles. The largest absolute Gasteiger partial charge is 0.462 e. The third-order valence-electron chi connectivity index (χ3n) is 13.8. The maximum atomic E-state index is 13.8. The molecule has 0 saturated carbocycles. The van der Waals surface area contributed by atoms with Gasteiger partial charge in [-0.2, -0.15) is 0 Å². The van der Waals surface area contributed by atoms with E-state index in [0.717, 1.165) is 213 Å². The fourth-order valence-corrected chi connectivity index (χ4v) is 9.36. The molecule has 0 radical (unpaired) electrons. The van der Waals surface area contributed by atoms with E-state index >= 15 is 0 Å². The van der Waals surface area contributed by atoms with Crippen LogP contribution in [0.15, 0.2) is 0 Å². The number of ether oxygens (including phenoxy) is 4. The topological polar surface area (TPSA) is 94.6 Å². The number of amides is 1. The van der Waals surface area contributed by atoms with Crippen LogP contribution < -0.4 is 0 Å². The molecule has 0 spiro atoms. The summed E-state index contributed by atoms with van der Waals surface area (Å²) < 4.78 is 24.1. The molecule has 0 aliphatic carbocycles. The zero-order valence-corrected chi connectivity index (χ0v) is 47.2. The molecule has 0 N–H and O–H groups in total. The number of esters is 2. The third kappa shape index (κ3) is 46.9. The van der Waals surface area contributed by atoms with Crippen LogP contribution in [0.4, 0.5) is 4.79 Å². The molecule has 9 nitrogen and oxygen atoms in total. The SMILES string of the molecule is CCCCCCC(CCCCCC)OC(=O)CCCCCCCCC(CCCCCCCCC(=O)OC(CCCCCC)CCCCCC)OC(=O)N(CCCCCCOCCC)CCCN(C)C. The minimum atomic E-state index is -0.142. The number of rotatable bonds is 54. The Morgan fingerprint density at radius 2 is 0.667 bits per heavy atom. The second-order valence-corrected chi connectivity index (χ2v) is 21.1. The molecule has 0 atom stereocenters. The number of carbonyl (C=O) groups excluding carboxylic acids is 3. The van der Waals surface area contributed by atoms with Crippen LogP contribution in [0, 0.1) is 0 Å². The normalized spacial score (nSPS) is 11.7. The average molecular weight is 980 g/mol. The van der Waals surface area contributed by atoms with Crippen LogP contribution in [-0.4, -0.2) is 93.1 Å². The van der Waals surface area contributed by atoms with E-state index in [1.807, 2.05) is 4.90 Å². The van der Waals surface area contributed by atoms with Crippen LogP contribution in [0.5, 0.6) is 0 Å². The van der Waals surface area contributed by atoms with Gasteiger partial charge in [0.25, 0.3) is 0 Å². The van der Waals surface area contributed by atoms with Gasteiger partial charge in [0.05, 0.1) is 0 Å². The summed E-state index contributed by atoms with van der Waals surface area (Å²) in [5.74, 6) is -0.0122. The molecule has 0 aromatic carbocycles. The Kier molecular flexibility index (Phi) is 51.0. The van der Waals surface area contributed by atoms with Crippen LogP contribution in [-0.2, 0) is 28.5 Å². The molecule has 0 aliphatic rings. The van der Waals surface area contributed by atoms with Crippen molar-refractivity contribution in [2.45, 2.75) is 323 Å². The quantitative estimate of drug-likeness (QED) is 0.0338. The highest BCUT2D eigenvalue weighted by atomic mass is 16.6. The van der Waals surface area contributed by atoms with Gasteiger partial charge in [-0.3, -0.25) is 9.59 Å². The molecule has 0 aliphatic heterocycles. The van der Waals surface area contributed by atoms with Gasteiger partial charge in [0.15, 0.2) is 0 Å². The molecule has 69 heavy (non-hydrogen) atoms. The van der Waals surface area contributed by atoms with Gasteiger partial charge in [0, 0.05) is 39.1 Å². The highest BCUT2D eigenvalue weighted by molar-refractivity contribution is 5.70. The molecular weight excluding hydrogens is 861 g/mol. The van der Waals surface area contributed by atoms with E-state index < -0.39 is 0 Å². The molecule has 0 aromatic heterocycles. The number of hydrogen-bond donors (Lipinski definition) is 0. The van der Waals surface area contributed by atoms with Crippen molar-refractivity contribution < 1.29 is 33.3 Å². The Hall–Kier alpha value is -1.87. The fourth-order valence-electron chi connectivity index (χ4n) is 9.36. The summed E-state index contributed by atoms with van der Waals surface area (Å²) in [6.45, 7) is 15.2. The summed E-state index contributed by atoms with van der Waals surface area (Å²) in [7, 11) is 4.18. The monoisotopic (exact) mass is 979 g/mol. The minimum Gasteiger partial charge on any atom is -0.462 e. The molecule has 0 rings (SSSR count). The van der Waals surface area contributed by atoms with E-state index in [2.05, 4.69) is 53.6 Å². The Bertz CT molecular complexity index is 1020. The molecule has 410 valence electrons. The Morgan fingerprint density at radius 3 is 1.06 bits per heavy atom. The van der Waals surface area contributed by atoms with Crippen molar-refractivity contribution in [2.75, 3.05) is 46.9 Å². The summed E-state index contributed by atoms with van der Waals surface area (Å²) in [6.07, 6.45) is 45.4. The first-order valence-corrected chi connectivity index (χ1v) is 30.3. The van der Waals surface area contributed by atoms with Crippen LogP contribution in [0.25, 0.3) is 0 Å². The molecular formula is C60H118N2O7. The predicted octanol–water partition coefficient (Wildman–Crippen LogP) is 17.7. The van der Waals surface area contributed by atoms with E-state index in [4.69, 9.17) is 18.9 Å². The summed E-state index contributed by atoms with van der Waals surface area (Å²) in [5.41, 5.74) is 0. The van der Waals surface area contributed by atoms with Gasteiger partial charge in [-0.05, 0) is 136 Å². The van der Waals surface area contributed by atoms with E-state index in [0.29, 0.717) is 12.8 Å². The van der Waals surface area contributed by atoms with Crippen LogP contribution in [0.1, 0.15) is 304 Å². The van der Waals surface area contributed by atoms with Crippen molar-refractivity contribution in [3.05, 3.63) is 0 Å². The lowest BCUT2D eigenvalue weighted by Crippen LogP contribution is -2.37. The van der Waals surface area contributed by atoms with Crippen molar-refractivity contribution in [2.24, 2.45) is 0 Å². The van der Waals surface area contributed by atoms with Gasteiger partial charge in [-0.15, -0.1) is 0 Å². The van der Waals surface area contributed by atoms with Crippen molar-refractivity contribution in [1.29, 1.82) is 0 Å². The van der Waals surface area contributed by atoms with Crippen LogP contribution in [0.2, 0.25) is 0 Å². The molecule has 9 heteroatoms. The van der Waals surface area contributed by atoms with Gasteiger partial charge in [-0.1, -0.05) is 176 Å². The highest BCUT2D eigenvalue weighted by Gasteiger charge is 2.21. The Labute approximate surface area is 429 Å².